The predicted molar refractivity (Wildman–Crippen MR) is 99.1 cm³/mol. The first-order valence-corrected chi connectivity index (χ1v) is 8.02. The topological polar surface area (TPSA) is 65.2 Å². The fourth-order valence-corrected chi connectivity index (χ4v) is 1.93. The average Bonchev–Trinajstić information content (AvgIpc) is 2.61. The number of likely N-dealkylation sites (N-methyl/N-ethyl adjacent to an activating group) is 2. The Morgan fingerprint density at radius 3 is 1.76 bits per heavy atom. The maximum atomic E-state index is 5.80. The highest BCUT2D eigenvalue weighted by Crippen LogP contribution is 2.26. The van der Waals surface area contributed by atoms with Gasteiger partial charge in [-0.25, -0.2) is 0 Å². The number of ether oxygens (including phenoxy) is 1. The molecule has 0 radical (unpaired) electrons. The first-order chi connectivity index (χ1) is 12.1. The lowest BCUT2D eigenvalue weighted by molar-refractivity contribution is 0.279. The minimum atomic E-state index is 0.741. The molecule has 0 aliphatic carbocycles. The van der Waals surface area contributed by atoms with Crippen LogP contribution in [0.5, 0.6) is 11.5 Å². The van der Waals surface area contributed by atoms with E-state index in [4.69, 9.17) is 4.74 Å². The van der Waals surface area contributed by atoms with Crippen LogP contribution in [0.2, 0.25) is 0 Å². The Balaban J connectivity index is 1.90. The van der Waals surface area contributed by atoms with Crippen molar-refractivity contribution in [2.75, 3.05) is 41.3 Å². The minimum absolute atomic E-state index is 0.741. The molecule has 0 fully saturated rings. The largest absolute Gasteiger partial charge is 0.457 e. The molecule has 0 aliphatic rings. The van der Waals surface area contributed by atoms with Gasteiger partial charge in [0.05, 0.1) is 17.9 Å². The molecule has 0 saturated heterocycles. The Kier molecular flexibility index (Phi) is 7.03. The van der Waals surface area contributed by atoms with Crippen molar-refractivity contribution < 1.29 is 4.74 Å². The second-order valence-electron chi connectivity index (χ2n) is 5.76. The zero-order valence-corrected chi connectivity index (χ0v) is 15.1. The predicted octanol–water partition coefficient (Wildman–Crippen LogP) is 4.68. The highest BCUT2D eigenvalue weighted by Gasteiger charge is 1.99. The number of hydrogen-bond donors (Lipinski definition) is 0. The Morgan fingerprint density at radius 1 is 0.760 bits per heavy atom. The van der Waals surface area contributed by atoms with Crippen molar-refractivity contribution in [2.24, 2.45) is 20.6 Å². The lowest BCUT2D eigenvalue weighted by atomic mass is 10.3. The van der Waals surface area contributed by atoms with Crippen LogP contribution in [0.3, 0.4) is 0 Å². The molecule has 0 heterocycles. The van der Waals surface area contributed by atoms with E-state index in [9.17, 15) is 0 Å². The van der Waals surface area contributed by atoms with Crippen LogP contribution in [0, 0.1) is 0 Å². The Hall–Kier alpha value is -2.80. The van der Waals surface area contributed by atoms with Crippen molar-refractivity contribution in [1.29, 1.82) is 0 Å². The summed E-state index contributed by atoms with van der Waals surface area (Å²) >= 11 is 0. The lowest BCUT2D eigenvalue weighted by Crippen LogP contribution is -2.24. The molecule has 2 rings (SSSR count). The van der Waals surface area contributed by atoms with Gasteiger partial charge in [0, 0.05) is 20.6 Å². The summed E-state index contributed by atoms with van der Waals surface area (Å²) in [6.45, 7) is 1.76. The maximum absolute atomic E-state index is 5.80. The third-order valence-corrected chi connectivity index (χ3v) is 3.31. The van der Waals surface area contributed by atoms with E-state index in [0.717, 1.165) is 36.0 Å². The van der Waals surface area contributed by atoms with Gasteiger partial charge in [0.15, 0.2) is 0 Å². The second-order valence-corrected chi connectivity index (χ2v) is 5.76. The van der Waals surface area contributed by atoms with Crippen LogP contribution in [-0.4, -0.2) is 51.2 Å². The smallest absolute Gasteiger partial charge is 0.127 e. The number of rotatable bonds is 8. The molecular formula is C18H24N6O. The molecule has 0 spiro atoms. The molecule has 0 atom stereocenters. The molecule has 0 N–H and O–H groups in total. The summed E-state index contributed by atoms with van der Waals surface area (Å²) in [5, 5.41) is 17.9. The molecule has 2 aromatic rings. The van der Waals surface area contributed by atoms with Crippen molar-refractivity contribution in [3.8, 4) is 11.5 Å². The first kappa shape index (κ1) is 18.5. The fourth-order valence-electron chi connectivity index (χ4n) is 1.93. The Bertz CT molecular complexity index is 695. The minimum Gasteiger partial charge on any atom is -0.457 e. The number of nitrogens with zero attached hydrogens (tertiary/aromatic N) is 6. The summed E-state index contributed by atoms with van der Waals surface area (Å²) in [6.07, 6.45) is 0. The summed E-state index contributed by atoms with van der Waals surface area (Å²) in [5.41, 5.74) is 1.58. The van der Waals surface area contributed by atoms with E-state index in [0.29, 0.717) is 0 Å². The van der Waals surface area contributed by atoms with Gasteiger partial charge in [0.1, 0.15) is 11.5 Å². The van der Waals surface area contributed by atoms with Gasteiger partial charge >= 0.3 is 0 Å². The summed E-state index contributed by atoms with van der Waals surface area (Å²) in [5.74, 6) is 1.48. The van der Waals surface area contributed by atoms with Crippen molar-refractivity contribution in [1.82, 2.24) is 9.91 Å². The van der Waals surface area contributed by atoms with E-state index < -0.39 is 0 Å². The first-order valence-electron chi connectivity index (χ1n) is 8.02. The highest BCUT2D eigenvalue weighted by atomic mass is 16.5. The Labute approximate surface area is 148 Å². The Morgan fingerprint density at radius 2 is 1.28 bits per heavy atom. The van der Waals surface area contributed by atoms with Crippen LogP contribution in [0.25, 0.3) is 0 Å². The lowest BCUT2D eigenvalue weighted by Gasteiger charge is -2.14. The fraction of sp³-hybridized carbons (Fsp3) is 0.333. The van der Waals surface area contributed by atoms with Crippen LogP contribution in [0.1, 0.15) is 0 Å². The van der Waals surface area contributed by atoms with Gasteiger partial charge in [-0.3, -0.25) is 5.01 Å². The molecule has 7 heteroatoms. The van der Waals surface area contributed by atoms with Gasteiger partial charge in [-0.1, -0.05) is 5.22 Å². The SMILES string of the molecule is CN=Nc1ccc(Oc2ccc(N=NN(C)CCN(C)C)cc2)cc1. The van der Waals surface area contributed by atoms with E-state index in [1.54, 1.807) is 7.05 Å². The average molecular weight is 340 g/mol. The summed E-state index contributed by atoms with van der Waals surface area (Å²) in [7, 11) is 7.62. The van der Waals surface area contributed by atoms with Crippen LogP contribution < -0.4 is 4.74 Å². The molecule has 0 bridgehead atoms. The monoisotopic (exact) mass is 340 g/mol. The molecule has 0 unspecified atom stereocenters. The third-order valence-electron chi connectivity index (χ3n) is 3.31. The molecule has 0 aromatic heterocycles. The van der Waals surface area contributed by atoms with Crippen molar-refractivity contribution in [2.45, 2.75) is 0 Å². The molecule has 0 aliphatic heterocycles. The normalized spacial score (nSPS) is 11.6. The van der Waals surface area contributed by atoms with Gasteiger partial charge in [0.25, 0.3) is 0 Å². The summed E-state index contributed by atoms with van der Waals surface area (Å²) < 4.78 is 5.80. The molecular weight excluding hydrogens is 316 g/mol. The van der Waals surface area contributed by atoms with E-state index >= 15 is 0 Å². The van der Waals surface area contributed by atoms with Gasteiger partial charge in [-0.15, -0.1) is 5.11 Å². The van der Waals surface area contributed by atoms with Gasteiger partial charge in [0.2, 0.25) is 0 Å². The van der Waals surface area contributed by atoms with E-state index in [1.165, 1.54) is 0 Å². The van der Waals surface area contributed by atoms with Gasteiger partial charge in [-0.2, -0.15) is 10.2 Å². The zero-order chi connectivity index (χ0) is 18.1. The van der Waals surface area contributed by atoms with Gasteiger partial charge < -0.3 is 9.64 Å². The quantitative estimate of drug-likeness (QED) is 0.517. The number of hydrogen-bond acceptors (Lipinski definition) is 6. The van der Waals surface area contributed by atoms with Gasteiger partial charge in [-0.05, 0) is 62.6 Å². The molecule has 7 nitrogen and oxygen atoms in total. The van der Waals surface area contributed by atoms with Crippen molar-refractivity contribution in [3.63, 3.8) is 0 Å². The van der Waals surface area contributed by atoms with Crippen LogP contribution in [0.4, 0.5) is 11.4 Å². The molecule has 2 aromatic carbocycles. The highest BCUT2D eigenvalue weighted by molar-refractivity contribution is 5.44. The van der Waals surface area contributed by atoms with Crippen LogP contribution in [-0.2, 0) is 0 Å². The van der Waals surface area contributed by atoms with Crippen molar-refractivity contribution >= 4 is 11.4 Å². The number of azo groups is 1. The van der Waals surface area contributed by atoms with E-state index in [1.807, 2.05) is 74.7 Å². The van der Waals surface area contributed by atoms with Crippen LogP contribution in [0.15, 0.2) is 69.1 Å². The van der Waals surface area contributed by atoms with Crippen molar-refractivity contribution in [3.05, 3.63) is 48.5 Å². The molecule has 0 saturated carbocycles. The summed E-state index contributed by atoms with van der Waals surface area (Å²) in [6, 6.07) is 14.9. The van der Waals surface area contributed by atoms with E-state index in [-0.39, 0.29) is 0 Å². The third kappa shape index (κ3) is 6.68. The molecule has 0 amide bonds. The van der Waals surface area contributed by atoms with Crippen LogP contribution >= 0.6 is 0 Å². The van der Waals surface area contributed by atoms with E-state index in [2.05, 4.69) is 25.5 Å². The molecule has 132 valence electrons. The summed E-state index contributed by atoms with van der Waals surface area (Å²) in [4.78, 5) is 2.11. The standard InChI is InChI=1S/C18H24N6O/c1-19-20-15-5-9-17(10-6-15)25-18-11-7-16(8-12-18)21-22-24(4)14-13-23(2)3/h5-12H,13-14H2,1-4H3. The molecule has 25 heavy (non-hydrogen) atoms. The second kappa shape index (κ2) is 9.48. The zero-order valence-electron chi connectivity index (χ0n) is 15.1. The number of benzene rings is 2. The maximum Gasteiger partial charge on any atom is 0.127 e.